The third-order valence-electron chi connectivity index (χ3n) is 3.45. The Balaban J connectivity index is 2.26. The lowest BCUT2D eigenvalue weighted by Gasteiger charge is -2.19. The van der Waals surface area contributed by atoms with Crippen molar-refractivity contribution in [2.24, 2.45) is 0 Å². The molecule has 8 nitrogen and oxygen atoms in total. The Labute approximate surface area is 125 Å². The van der Waals surface area contributed by atoms with Gasteiger partial charge in [0.15, 0.2) is 0 Å². The number of hydrogen-bond acceptors (Lipinski definition) is 8. The lowest BCUT2D eigenvalue weighted by molar-refractivity contribution is -0.00461. The van der Waals surface area contributed by atoms with Crippen molar-refractivity contribution in [3.8, 4) is 0 Å². The second kappa shape index (κ2) is 6.86. The van der Waals surface area contributed by atoms with E-state index in [2.05, 4.69) is 25.2 Å². The summed E-state index contributed by atoms with van der Waals surface area (Å²) in [4.78, 5) is 17.3. The number of rotatable bonds is 6. The molecule has 0 aliphatic carbocycles. The van der Waals surface area contributed by atoms with Crippen LogP contribution in [0.2, 0.25) is 0 Å². The van der Waals surface area contributed by atoms with Crippen molar-refractivity contribution < 1.29 is 9.47 Å². The first-order valence-electron chi connectivity index (χ1n) is 7.06. The maximum atomic E-state index is 5.46. The Kier molecular flexibility index (Phi) is 5.13. The SMILES string of the molecule is CCNc1nc(N(C)C)nc(N2CC(OC)C(OC)C2)n1. The minimum Gasteiger partial charge on any atom is -0.377 e. The summed E-state index contributed by atoms with van der Waals surface area (Å²) in [5, 5.41) is 3.14. The molecule has 0 amide bonds. The number of aromatic nitrogens is 3. The van der Waals surface area contributed by atoms with Gasteiger partial charge in [-0.2, -0.15) is 15.0 Å². The molecule has 1 aromatic rings. The van der Waals surface area contributed by atoms with Gasteiger partial charge in [-0.1, -0.05) is 0 Å². The summed E-state index contributed by atoms with van der Waals surface area (Å²) in [5.41, 5.74) is 0. The van der Waals surface area contributed by atoms with Crippen LogP contribution in [0.5, 0.6) is 0 Å². The van der Waals surface area contributed by atoms with Crippen LogP contribution < -0.4 is 15.1 Å². The van der Waals surface area contributed by atoms with Gasteiger partial charge in [-0.3, -0.25) is 0 Å². The summed E-state index contributed by atoms with van der Waals surface area (Å²) in [5.74, 6) is 1.86. The van der Waals surface area contributed by atoms with E-state index in [9.17, 15) is 0 Å². The fourth-order valence-electron chi connectivity index (χ4n) is 2.29. The van der Waals surface area contributed by atoms with E-state index in [0.717, 1.165) is 6.54 Å². The molecule has 2 atom stereocenters. The predicted molar refractivity (Wildman–Crippen MR) is 82.1 cm³/mol. The second-order valence-electron chi connectivity index (χ2n) is 5.14. The van der Waals surface area contributed by atoms with Crippen LogP contribution in [-0.2, 0) is 9.47 Å². The monoisotopic (exact) mass is 296 g/mol. The van der Waals surface area contributed by atoms with Gasteiger partial charge in [0.05, 0.1) is 0 Å². The summed E-state index contributed by atoms with van der Waals surface area (Å²) in [6.07, 6.45) is 0.0503. The van der Waals surface area contributed by atoms with E-state index in [-0.39, 0.29) is 12.2 Å². The number of methoxy groups -OCH3 is 2. The fraction of sp³-hybridized carbons (Fsp3) is 0.769. The number of anilines is 3. The van der Waals surface area contributed by atoms with E-state index < -0.39 is 0 Å². The zero-order valence-electron chi connectivity index (χ0n) is 13.3. The molecule has 0 saturated carbocycles. The molecule has 118 valence electrons. The molecular weight excluding hydrogens is 272 g/mol. The van der Waals surface area contributed by atoms with Crippen molar-refractivity contribution in [2.75, 3.05) is 63.1 Å². The first-order chi connectivity index (χ1) is 10.1. The maximum Gasteiger partial charge on any atom is 0.232 e. The molecule has 0 spiro atoms. The van der Waals surface area contributed by atoms with E-state index in [1.807, 2.05) is 25.9 Å². The average Bonchev–Trinajstić information content (AvgIpc) is 2.90. The summed E-state index contributed by atoms with van der Waals surface area (Å²) in [7, 11) is 7.22. The molecule has 1 fully saturated rings. The molecular formula is C13H24N6O2. The smallest absolute Gasteiger partial charge is 0.232 e. The van der Waals surface area contributed by atoms with Gasteiger partial charge >= 0.3 is 0 Å². The number of nitrogens with one attached hydrogen (secondary N) is 1. The van der Waals surface area contributed by atoms with Crippen molar-refractivity contribution in [1.82, 2.24) is 15.0 Å². The molecule has 2 heterocycles. The number of nitrogens with zero attached hydrogens (tertiary/aromatic N) is 5. The lowest BCUT2D eigenvalue weighted by Crippen LogP contribution is -2.27. The van der Waals surface area contributed by atoms with Gasteiger partial charge in [-0.05, 0) is 6.92 Å². The van der Waals surface area contributed by atoms with Crippen LogP contribution >= 0.6 is 0 Å². The van der Waals surface area contributed by atoms with Gasteiger partial charge in [0.1, 0.15) is 12.2 Å². The predicted octanol–water partition coefficient (Wildman–Crippen LogP) is 0.219. The highest BCUT2D eigenvalue weighted by atomic mass is 16.5. The van der Waals surface area contributed by atoms with E-state index in [1.54, 1.807) is 14.2 Å². The van der Waals surface area contributed by atoms with Crippen LogP contribution in [0.25, 0.3) is 0 Å². The fourth-order valence-corrected chi connectivity index (χ4v) is 2.29. The Morgan fingerprint density at radius 2 is 1.76 bits per heavy atom. The van der Waals surface area contributed by atoms with E-state index in [4.69, 9.17) is 9.47 Å². The Bertz CT molecular complexity index is 458. The summed E-state index contributed by atoms with van der Waals surface area (Å²) >= 11 is 0. The Hall–Kier alpha value is -1.67. The highest BCUT2D eigenvalue weighted by molar-refractivity contribution is 5.45. The molecule has 1 aliphatic heterocycles. The van der Waals surface area contributed by atoms with Gasteiger partial charge in [0.2, 0.25) is 17.8 Å². The van der Waals surface area contributed by atoms with Crippen molar-refractivity contribution in [2.45, 2.75) is 19.1 Å². The minimum atomic E-state index is 0.0251. The molecule has 1 aliphatic rings. The zero-order chi connectivity index (χ0) is 15.4. The molecule has 1 saturated heterocycles. The highest BCUT2D eigenvalue weighted by Gasteiger charge is 2.34. The Morgan fingerprint density at radius 1 is 1.14 bits per heavy atom. The van der Waals surface area contributed by atoms with Crippen LogP contribution in [0.4, 0.5) is 17.8 Å². The summed E-state index contributed by atoms with van der Waals surface area (Å²) in [6.45, 7) is 4.18. The van der Waals surface area contributed by atoms with Crippen LogP contribution in [0.1, 0.15) is 6.92 Å². The number of ether oxygens (including phenoxy) is 2. The van der Waals surface area contributed by atoms with Crippen molar-refractivity contribution in [3.05, 3.63) is 0 Å². The molecule has 2 unspecified atom stereocenters. The normalized spacial score (nSPS) is 21.7. The molecule has 21 heavy (non-hydrogen) atoms. The third kappa shape index (κ3) is 3.51. The topological polar surface area (TPSA) is 75.6 Å². The number of hydrogen-bond donors (Lipinski definition) is 1. The highest BCUT2D eigenvalue weighted by Crippen LogP contribution is 2.22. The van der Waals surface area contributed by atoms with Crippen LogP contribution in [0.15, 0.2) is 0 Å². The molecule has 2 rings (SSSR count). The van der Waals surface area contributed by atoms with Gasteiger partial charge in [0.25, 0.3) is 0 Å². The molecule has 0 aromatic carbocycles. The quantitative estimate of drug-likeness (QED) is 0.799. The first kappa shape index (κ1) is 15.7. The second-order valence-corrected chi connectivity index (χ2v) is 5.14. The molecule has 0 bridgehead atoms. The van der Waals surface area contributed by atoms with Crippen molar-refractivity contribution >= 4 is 17.8 Å². The van der Waals surface area contributed by atoms with Gasteiger partial charge in [-0.25, -0.2) is 0 Å². The average molecular weight is 296 g/mol. The molecule has 1 N–H and O–H groups in total. The van der Waals surface area contributed by atoms with Crippen LogP contribution in [0, 0.1) is 0 Å². The summed E-state index contributed by atoms with van der Waals surface area (Å²) in [6, 6.07) is 0. The van der Waals surface area contributed by atoms with E-state index in [0.29, 0.717) is 30.9 Å². The molecule has 1 aromatic heterocycles. The van der Waals surface area contributed by atoms with Gasteiger partial charge < -0.3 is 24.6 Å². The maximum absolute atomic E-state index is 5.46. The van der Waals surface area contributed by atoms with Gasteiger partial charge in [-0.15, -0.1) is 0 Å². The first-order valence-corrected chi connectivity index (χ1v) is 7.06. The van der Waals surface area contributed by atoms with Crippen molar-refractivity contribution in [3.63, 3.8) is 0 Å². The molecule has 0 radical (unpaired) electrons. The third-order valence-corrected chi connectivity index (χ3v) is 3.45. The van der Waals surface area contributed by atoms with Crippen LogP contribution in [0.3, 0.4) is 0 Å². The largest absolute Gasteiger partial charge is 0.377 e. The zero-order valence-corrected chi connectivity index (χ0v) is 13.3. The van der Waals surface area contributed by atoms with Crippen LogP contribution in [-0.4, -0.2) is 75.1 Å². The molecule has 8 heteroatoms. The minimum absolute atomic E-state index is 0.0251. The Morgan fingerprint density at radius 3 is 2.24 bits per heavy atom. The van der Waals surface area contributed by atoms with E-state index >= 15 is 0 Å². The lowest BCUT2D eigenvalue weighted by atomic mass is 10.3. The standard InChI is InChI=1S/C13H24N6O2/c1-6-14-11-15-12(18(2)3)17-13(16-11)19-7-9(20-4)10(8-19)21-5/h9-10H,6-8H2,1-5H3,(H,14,15,16,17). The summed E-state index contributed by atoms with van der Waals surface area (Å²) < 4.78 is 10.9. The van der Waals surface area contributed by atoms with Gasteiger partial charge in [0, 0.05) is 47.9 Å². The van der Waals surface area contributed by atoms with Crippen molar-refractivity contribution in [1.29, 1.82) is 0 Å². The van der Waals surface area contributed by atoms with E-state index in [1.165, 1.54) is 0 Å².